The molecule has 0 bridgehead atoms. The summed E-state index contributed by atoms with van der Waals surface area (Å²) in [5, 5.41) is 0. The third-order valence-corrected chi connectivity index (χ3v) is 5.48. The summed E-state index contributed by atoms with van der Waals surface area (Å²) in [6.07, 6.45) is 16.4. The SMILES string of the molecule is CCCCCCCCCOC1CCC2CC(=O)CCC2C1. The smallest absolute Gasteiger partial charge is 0.133 e. The number of hydrogen-bond donors (Lipinski definition) is 0. The second-order valence-electron chi connectivity index (χ2n) is 7.23. The average Bonchev–Trinajstić information content (AvgIpc) is 2.50. The first-order valence-electron chi connectivity index (χ1n) is 9.43. The Balaban J connectivity index is 1.49. The van der Waals surface area contributed by atoms with Gasteiger partial charge in [-0.1, -0.05) is 45.4 Å². The van der Waals surface area contributed by atoms with Crippen molar-refractivity contribution in [2.75, 3.05) is 6.61 Å². The molecule has 122 valence electrons. The monoisotopic (exact) mass is 294 g/mol. The Kier molecular flexibility index (Phi) is 7.77. The van der Waals surface area contributed by atoms with Gasteiger partial charge in [0.05, 0.1) is 6.10 Å². The first kappa shape index (κ1) is 17.0. The zero-order chi connectivity index (χ0) is 14.9. The van der Waals surface area contributed by atoms with Crippen molar-refractivity contribution in [3.05, 3.63) is 0 Å². The summed E-state index contributed by atoms with van der Waals surface area (Å²) in [6, 6.07) is 0. The number of rotatable bonds is 9. The summed E-state index contributed by atoms with van der Waals surface area (Å²) in [7, 11) is 0. The summed E-state index contributed by atoms with van der Waals surface area (Å²) in [5.41, 5.74) is 0. The van der Waals surface area contributed by atoms with Gasteiger partial charge in [0, 0.05) is 19.4 Å². The number of fused-ring (bicyclic) bond motifs is 1. The lowest BCUT2D eigenvalue weighted by molar-refractivity contribution is -0.124. The van der Waals surface area contributed by atoms with Gasteiger partial charge in [-0.05, 0) is 43.9 Å². The molecule has 0 N–H and O–H groups in total. The number of unbranched alkanes of at least 4 members (excludes halogenated alkanes) is 6. The quantitative estimate of drug-likeness (QED) is 0.540. The normalized spacial score (nSPS) is 29.4. The summed E-state index contributed by atoms with van der Waals surface area (Å²) >= 11 is 0. The van der Waals surface area contributed by atoms with Crippen LogP contribution in [0.25, 0.3) is 0 Å². The van der Waals surface area contributed by atoms with Gasteiger partial charge < -0.3 is 4.74 Å². The number of carbonyl (C=O) groups is 1. The van der Waals surface area contributed by atoms with Crippen LogP contribution in [0.5, 0.6) is 0 Å². The molecule has 0 heterocycles. The van der Waals surface area contributed by atoms with Crippen LogP contribution < -0.4 is 0 Å². The number of hydrogen-bond acceptors (Lipinski definition) is 2. The molecule has 2 fully saturated rings. The number of ketones is 1. The Morgan fingerprint density at radius 3 is 2.52 bits per heavy atom. The largest absolute Gasteiger partial charge is 0.378 e. The second-order valence-corrected chi connectivity index (χ2v) is 7.23. The van der Waals surface area contributed by atoms with Crippen molar-refractivity contribution >= 4 is 5.78 Å². The average molecular weight is 294 g/mol. The Morgan fingerprint density at radius 2 is 1.71 bits per heavy atom. The number of ether oxygens (including phenoxy) is 1. The molecular weight excluding hydrogens is 260 g/mol. The molecule has 2 nitrogen and oxygen atoms in total. The van der Waals surface area contributed by atoms with Crippen LogP contribution in [0.15, 0.2) is 0 Å². The molecule has 21 heavy (non-hydrogen) atoms. The van der Waals surface area contributed by atoms with E-state index >= 15 is 0 Å². The highest BCUT2D eigenvalue weighted by atomic mass is 16.5. The van der Waals surface area contributed by atoms with Gasteiger partial charge >= 0.3 is 0 Å². The molecule has 0 aromatic rings. The number of Topliss-reactive ketones (excluding diaryl/α,β-unsaturated/α-hetero) is 1. The van der Waals surface area contributed by atoms with Gasteiger partial charge in [0.2, 0.25) is 0 Å². The molecule has 0 aromatic carbocycles. The maximum Gasteiger partial charge on any atom is 0.133 e. The van der Waals surface area contributed by atoms with Crippen LogP contribution in [0.2, 0.25) is 0 Å². The maximum atomic E-state index is 11.5. The van der Waals surface area contributed by atoms with E-state index in [-0.39, 0.29) is 0 Å². The van der Waals surface area contributed by atoms with Gasteiger partial charge in [0.1, 0.15) is 5.78 Å². The van der Waals surface area contributed by atoms with Gasteiger partial charge in [0.25, 0.3) is 0 Å². The fourth-order valence-corrected chi connectivity index (χ4v) is 4.11. The van der Waals surface area contributed by atoms with Gasteiger partial charge in [-0.2, -0.15) is 0 Å². The summed E-state index contributed by atoms with van der Waals surface area (Å²) in [4.78, 5) is 11.5. The van der Waals surface area contributed by atoms with E-state index in [1.54, 1.807) is 0 Å². The molecule has 0 amide bonds. The van der Waals surface area contributed by atoms with E-state index in [2.05, 4.69) is 6.92 Å². The van der Waals surface area contributed by atoms with Crippen LogP contribution >= 0.6 is 0 Å². The highest BCUT2D eigenvalue weighted by Gasteiger charge is 2.35. The van der Waals surface area contributed by atoms with Crippen molar-refractivity contribution in [2.45, 2.75) is 96.5 Å². The van der Waals surface area contributed by atoms with Gasteiger partial charge in [-0.15, -0.1) is 0 Å². The zero-order valence-electron chi connectivity index (χ0n) is 13.9. The van der Waals surface area contributed by atoms with Crippen LogP contribution in [0, 0.1) is 11.8 Å². The lowest BCUT2D eigenvalue weighted by Crippen LogP contribution is -2.34. The molecular formula is C19H34O2. The van der Waals surface area contributed by atoms with Crippen molar-refractivity contribution in [3.8, 4) is 0 Å². The van der Waals surface area contributed by atoms with Gasteiger partial charge in [-0.25, -0.2) is 0 Å². The molecule has 3 atom stereocenters. The fraction of sp³-hybridized carbons (Fsp3) is 0.947. The Bertz CT molecular complexity index is 300. The molecule has 2 aliphatic carbocycles. The van der Waals surface area contributed by atoms with E-state index in [0.717, 1.165) is 31.8 Å². The van der Waals surface area contributed by atoms with Gasteiger partial charge in [0.15, 0.2) is 0 Å². The number of carbonyl (C=O) groups excluding carboxylic acids is 1. The van der Waals surface area contributed by atoms with E-state index in [1.807, 2.05) is 0 Å². The topological polar surface area (TPSA) is 26.3 Å². The van der Waals surface area contributed by atoms with Gasteiger partial charge in [-0.3, -0.25) is 4.79 Å². The van der Waals surface area contributed by atoms with Crippen molar-refractivity contribution < 1.29 is 9.53 Å². The lowest BCUT2D eigenvalue weighted by Gasteiger charge is -2.38. The van der Waals surface area contributed by atoms with E-state index in [9.17, 15) is 4.79 Å². The van der Waals surface area contributed by atoms with E-state index in [0.29, 0.717) is 17.8 Å². The second kappa shape index (κ2) is 9.61. The third kappa shape index (κ3) is 6.10. The van der Waals surface area contributed by atoms with Crippen molar-refractivity contribution in [1.29, 1.82) is 0 Å². The highest BCUT2D eigenvalue weighted by Crippen LogP contribution is 2.40. The Morgan fingerprint density at radius 1 is 0.952 bits per heavy atom. The van der Waals surface area contributed by atoms with Crippen LogP contribution in [0.4, 0.5) is 0 Å². The van der Waals surface area contributed by atoms with E-state index < -0.39 is 0 Å². The van der Waals surface area contributed by atoms with Crippen molar-refractivity contribution in [2.24, 2.45) is 11.8 Å². The van der Waals surface area contributed by atoms with Crippen LogP contribution in [0.1, 0.15) is 90.4 Å². The molecule has 2 aliphatic rings. The standard InChI is InChI=1S/C19H34O2/c1-2-3-4-5-6-7-8-13-21-19-12-10-16-14-18(20)11-9-17(16)15-19/h16-17,19H,2-15H2,1H3. The Labute approximate surface area is 131 Å². The first-order chi connectivity index (χ1) is 10.3. The van der Waals surface area contributed by atoms with Crippen LogP contribution in [-0.4, -0.2) is 18.5 Å². The molecule has 0 saturated heterocycles. The van der Waals surface area contributed by atoms with Crippen LogP contribution in [-0.2, 0) is 9.53 Å². The lowest BCUT2D eigenvalue weighted by atomic mass is 9.70. The predicted molar refractivity (Wildman–Crippen MR) is 87.4 cm³/mol. The van der Waals surface area contributed by atoms with Crippen molar-refractivity contribution in [3.63, 3.8) is 0 Å². The summed E-state index contributed by atoms with van der Waals surface area (Å²) in [5.74, 6) is 1.96. The van der Waals surface area contributed by atoms with Crippen molar-refractivity contribution in [1.82, 2.24) is 0 Å². The predicted octanol–water partition coefficient (Wildman–Crippen LogP) is 5.29. The molecule has 0 radical (unpaired) electrons. The molecule has 2 rings (SSSR count). The highest BCUT2D eigenvalue weighted by molar-refractivity contribution is 5.79. The summed E-state index contributed by atoms with van der Waals surface area (Å²) in [6.45, 7) is 3.22. The van der Waals surface area contributed by atoms with E-state index in [4.69, 9.17) is 4.74 Å². The maximum absolute atomic E-state index is 11.5. The van der Waals surface area contributed by atoms with E-state index in [1.165, 1.54) is 64.2 Å². The molecule has 3 unspecified atom stereocenters. The minimum atomic E-state index is 0.486. The minimum Gasteiger partial charge on any atom is -0.378 e. The molecule has 2 saturated carbocycles. The fourth-order valence-electron chi connectivity index (χ4n) is 4.11. The molecule has 0 aromatic heterocycles. The third-order valence-electron chi connectivity index (χ3n) is 5.48. The zero-order valence-corrected chi connectivity index (χ0v) is 13.9. The minimum absolute atomic E-state index is 0.486. The van der Waals surface area contributed by atoms with Crippen LogP contribution in [0.3, 0.4) is 0 Å². The molecule has 2 heteroatoms. The summed E-state index contributed by atoms with van der Waals surface area (Å²) < 4.78 is 6.10. The first-order valence-corrected chi connectivity index (χ1v) is 9.43. The molecule has 0 spiro atoms. The Hall–Kier alpha value is -0.370. The molecule has 0 aliphatic heterocycles.